The molecule has 1 N–H and O–H groups in total. The third-order valence-corrected chi connectivity index (χ3v) is 5.99. The minimum absolute atomic E-state index is 0.163. The number of rotatable bonds is 7. The van der Waals surface area contributed by atoms with Crippen molar-refractivity contribution in [3.8, 4) is 0 Å². The highest BCUT2D eigenvalue weighted by atomic mass is 19.4. The van der Waals surface area contributed by atoms with Crippen molar-refractivity contribution in [1.29, 1.82) is 0 Å². The van der Waals surface area contributed by atoms with E-state index >= 15 is 0 Å². The van der Waals surface area contributed by atoms with Crippen molar-refractivity contribution in [2.75, 3.05) is 24.4 Å². The Bertz CT molecular complexity index is 1210. The van der Waals surface area contributed by atoms with Crippen LogP contribution in [-0.4, -0.2) is 56.9 Å². The minimum Gasteiger partial charge on any atom is -0.379 e. The predicted octanol–water partition coefficient (Wildman–Crippen LogP) is 3.02. The number of carbonyl (C=O) groups excluding carboxylic acids is 1. The maximum atomic E-state index is 12.7. The molecule has 2 atom stereocenters. The fraction of sp³-hybridized carbons (Fsp3) is 0.435. The molecule has 4 heterocycles. The SMILES string of the molecule is CO[C@@H](C)C1C(=O)Nc2c(C)nc(CCc3cnn(Cc4ccc(C(F)(F)F)nc4)c3)nc2N1C. The van der Waals surface area contributed by atoms with Gasteiger partial charge in [0, 0.05) is 33.0 Å². The summed E-state index contributed by atoms with van der Waals surface area (Å²) in [5.74, 6) is 1.11. The van der Waals surface area contributed by atoms with Gasteiger partial charge in [0.1, 0.15) is 23.2 Å². The van der Waals surface area contributed by atoms with Crippen molar-refractivity contribution in [3.05, 3.63) is 59.1 Å². The number of anilines is 2. The zero-order valence-electron chi connectivity index (χ0n) is 19.8. The van der Waals surface area contributed by atoms with Crippen LogP contribution in [0.5, 0.6) is 0 Å². The quantitative estimate of drug-likeness (QED) is 0.545. The highest BCUT2D eigenvalue weighted by molar-refractivity contribution is 6.03. The normalized spacial score (nSPS) is 16.7. The maximum Gasteiger partial charge on any atom is 0.433 e. The van der Waals surface area contributed by atoms with Gasteiger partial charge < -0.3 is 15.0 Å². The molecule has 3 aromatic heterocycles. The number of pyridine rings is 1. The number of carbonyl (C=O) groups is 1. The Hall–Kier alpha value is -3.54. The number of hydrogen-bond acceptors (Lipinski definition) is 7. The summed E-state index contributed by atoms with van der Waals surface area (Å²) in [6, 6.07) is 1.85. The maximum absolute atomic E-state index is 12.7. The van der Waals surface area contributed by atoms with Crippen LogP contribution in [0.4, 0.5) is 24.7 Å². The van der Waals surface area contributed by atoms with Gasteiger partial charge in [-0.15, -0.1) is 0 Å². The summed E-state index contributed by atoms with van der Waals surface area (Å²) >= 11 is 0. The van der Waals surface area contributed by atoms with Gasteiger partial charge in [0.2, 0.25) is 5.91 Å². The molecular formula is C23H26F3N7O2. The Labute approximate surface area is 200 Å². The summed E-state index contributed by atoms with van der Waals surface area (Å²) in [7, 11) is 3.38. The number of nitrogens with one attached hydrogen (secondary N) is 1. The van der Waals surface area contributed by atoms with Crippen LogP contribution in [0, 0.1) is 6.92 Å². The lowest BCUT2D eigenvalue weighted by Crippen LogP contribution is -2.53. The van der Waals surface area contributed by atoms with Gasteiger partial charge in [0.25, 0.3) is 0 Å². The van der Waals surface area contributed by atoms with E-state index in [-0.39, 0.29) is 12.0 Å². The Balaban J connectivity index is 1.43. The number of aryl methyl sites for hydroxylation is 3. The Morgan fingerprint density at radius 1 is 1.17 bits per heavy atom. The lowest BCUT2D eigenvalue weighted by atomic mass is 10.1. The zero-order valence-corrected chi connectivity index (χ0v) is 19.8. The summed E-state index contributed by atoms with van der Waals surface area (Å²) in [6.45, 7) is 3.97. The molecule has 0 saturated heterocycles. The number of alkyl halides is 3. The monoisotopic (exact) mass is 489 g/mol. The van der Waals surface area contributed by atoms with Crippen LogP contribution in [0.15, 0.2) is 30.7 Å². The number of ether oxygens (including phenoxy) is 1. The molecule has 0 aliphatic carbocycles. The van der Waals surface area contributed by atoms with Crippen molar-refractivity contribution in [1.82, 2.24) is 24.7 Å². The van der Waals surface area contributed by atoms with Gasteiger partial charge in [-0.05, 0) is 37.5 Å². The van der Waals surface area contributed by atoms with Gasteiger partial charge in [-0.1, -0.05) is 6.07 Å². The second kappa shape index (κ2) is 9.61. The number of amides is 1. The fourth-order valence-electron chi connectivity index (χ4n) is 4.04. The van der Waals surface area contributed by atoms with Gasteiger partial charge >= 0.3 is 6.18 Å². The van der Waals surface area contributed by atoms with E-state index < -0.39 is 17.9 Å². The number of nitrogens with zero attached hydrogens (tertiary/aromatic N) is 6. The second-order valence-corrected chi connectivity index (χ2v) is 8.51. The molecular weight excluding hydrogens is 463 g/mol. The third kappa shape index (κ3) is 5.26. The number of hydrogen-bond donors (Lipinski definition) is 1. The van der Waals surface area contributed by atoms with Crippen molar-refractivity contribution in [2.24, 2.45) is 0 Å². The number of methoxy groups -OCH3 is 1. The molecule has 1 aliphatic rings. The average molecular weight is 490 g/mol. The number of likely N-dealkylation sites (N-methyl/N-ethyl adjacent to an activating group) is 1. The lowest BCUT2D eigenvalue weighted by molar-refractivity contribution is -0.141. The first-order valence-electron chi connectivity index (χ1n) is 11.0. The van der Waals surface area contributed by atoms with E-state index in [0.717, 1.165) is 11.6 Å². The van der Waals surface area contributed by atoms with Gasteiger partial charge in [-0.3, -0.25) is 14.5 Å². The first-order valence-corrected chi connectivity index (χ1v) is 11.0. The van der Waals surface area contributed by atoms with Crippen LogP contribution in [0.3, 0.4) is 0 Å². The number of halogens is 3. The standard InChI is InChI=1S/C23H26F3N7O2/c1-13-19-21(32(3)20(14(2)35-4)22(34)31-19)30-18(29-13)8-6-16-10-28-33(12-16)11-15-5-7-17(27-9-15)23(24,25)26/h5,7,9-10,12,14,20H,6,8,11H2,1-4H3,(H,31,34)/t14-,20?/m0/s1. The summed E-state index contributed by atoms with van der Waals surface area (Å²) in [6.07, 6.45) is 1.15. The number of fused-ring (bicyclic) bond motifs is 1. The van der Waals surface area contributed by atoms with Crippen molar-refractivity contribution in [3.63, 3.8) is 0 Å². The molecule has 1 amide bonds. The second-order valence-electron chi connectivity index (χ2n) is 8.51. The molecule has 4 rings (SSSR count). The van der Waals surface area contributed by atoms with Gasteiger partial charge in [0.15, 0.2) is 5.82 Å². The van der Waals surface area contributed by atoms with E-state index in [1.165, 1.54) is 12.3 Å². The minimum atomic E-state index is -4.46. The first kappa shape index (κ1) is 24.6. The highest BCUT2D eigenvalue weighted by Crippen LogP contribution is 2.32. The fourth-order valence-corrected chi connectivity index (χ4v) is 4.04. The van der Waals surface area contributed by atoms with E-state index in [1.54, 1.807) is 18.0 Å². The Kier molecular flexibility index (Phi) is 6.75. The van der Waals surface area contributed by atoms with E-state index in [4.69, 9.17) is 9.72 Å². The van der Waals surface area contributed by atoms with Gasteiger partial charge in [-0.2, -0.15) is 18.3 Å². The molecule has 0 radical (unpaired) electrons. The highest BCUT2D eigenvalue weighted by Gasteiger charge is 2.37. The number of aromatic nitrogens is 5. The molecule has 9 nitrogen and oxygen atoms in total. The summed E-state index contributed by atoms with van der Waals surface area (Å²) in [5, 5.41) is 7.19. The van der Waals surface area contributed by atoms with Crippen LogP contribution in [-0.2, 0) is 35.1 Å². The van der Waals surface area contributed by atoms with Crippen molar-refractivity contribution in [2.45, 2.75) is 51.6 Å². The molecule has 1 aliphatic heterocycles. The summed E-state index contributed by atoms with van der Waals surface area (Å²) in [5.41, 5.74) is 1.91. The lowest BCUT2D eigenvalue weighted by Gasteiger charge is -2.37. The molecule has 186 valence electrons. The van der Waals surface area contributed by atoms with E-state index in [1.807, 2.05) is 32.0 Å². The smallest absolute Gasteiger partial charge is 0.379 e. The molecule has 12 heteroatoms. The third-order valence-electron chi connectivity index (χ3n) is 5.99. The molecule has 0 aromatic carbocycles. The first-order chi connectivity index (χ1) is 16.6. The van der Waals surface area contributed by atoms with Crippen LogP contribution >= 0.6 is 0 Å². The summed E-state index contributed by atoms with van der Waals surface area (Å²) < 4.78 is 45.1. The van der Waals surface area contributed by atoms with Crippen molar-refractivity contribution >= 4 is 17.4 Å². The largest absolute Gasteiger partial charge is 0.433 e. The molecule has 0 spiro atoms. The molecule has 0 saturated carbocycles. The predicted molar refractivity (Wildman–Crippen MR) is 122 cm³/mol. The van der Waals surface area contributed by atoms with Crippen molar-refractivity contribution < 1.29 is 22.7 Å². The molecule has 0 bridgehead atoms. The topological polar surface area (TPSA) is 98.1 Å². The van der Waals surface area contributed by atoms with Crippen LogP contribution in [0.25, 0.3) is 0 Å². The zero-order chi connectivity index (χ0) is 25.3. The molecule has 3 aromatic rings. The van der Waals surface area contributed by atoms with Gasteiger partial charge in [-0.25, -0.2) is 9.97 Å². The van der Waals surface area contributed by atoms with Gasteiger partial charge in [0.05, 0.1) is 24.5 Å². The Morgan fingerprint density at radius 2 is 1.94 bits per heavy atom. The average Bonchev–Trinajstić information content (AvgIpc) is 3.25. The van der Waals surface area contributed by atoms with E-state index in [9.17, 15) is 18.0 Å². The Morgan fingerprint density at radius 3 is 2.60 bits per heavy atom. The molecule has 0 fully saturated rings. The van der Waals surface area contributed by atoms with Crippen LogP contribution in [0.1, 0.15) is 35.3 Å². The van der Waals surface area contributed by atoms with E-state index in [0.29, 0.717) is 48.0 Å². The van der Waals surface area contributed by atoms with Crippen LogP contribution < -0.4 is 10.2 Å². The molecule has 1 unspecified atom stereocenters. The van der Waals surface area contributed by atoms with Crippen LogP contribution in [0.2, 0.25) is 0 Å². The molecule has 35 heavy (non-hydrogen) atoms. The summed E-state index contributed by atoms with van der Waals surface area (Å²) in [4.78, 5) is 27.1. The van der Waals surface area contributed by atoms with E-state index in [2.05, 4.69) is 20.4 Å².